The van der Waals surface area contributed by atoms with Gasteiger partial charge in [0.25, 0.3) is 0 Å². The summed E-state index contributed by atoms with van der Waals surface area (Å²) in [5.41, 5.74) is 6.69. The van der Waals surface area contributed by atoms with Crippen LogP contribution in [0.1, 0.15) is 144 Å². The Morgan fingerprint density at radius 3 is 2.06 bits per heavy atom. The van der Waals surface area contributed by atoms with Crippen molar-refractivity contribution < 1.29 is 4.39 Å². The lowest BCUT2D eigenvalue weighted by molar-refractivity contribution is 0.326. The molecule has 2 aromatic rings. The maximum atomic E-state index is 13.4. The number of halogens is 3. The molecule has 0 aliphatic heterocycles. The molecule has 1 aliphatic rings. The van der Waals surface area contributed by atoms with Crippen LogP contribution in [0.5, 0.6) is 0 Å². The number of anilines is 1. The number of aliphatic imine (C=N–C) groups is 1. The molecule has 0 heterocycles. The molecule has 0 saturated heterocycles. The molecule has 0 spiro atoms. The molecule has 1 aliphatic carbocycles. The first-order chi connectivity index (χ1) is 24.6. The number of aryl methyl sites for hydroxylation is 1. The minimum Gasteiger partial charge on any atom is -0.344 e. The SMILES string of the molecule is CC1CCCCC1.CCCCCN(C)CCC.CC\C=C(C(=C/N=C(C)Nc1ccc(F)c(Cl)c1)/C(C)=C/CCC)\c1ccc(CC)cc1.CCl. The Kier molecular flexibility index (Phi) is 29.7. The van der Waals surface area contributed by atoms with Crippen molar-refractivity contribution in [1.29, 1.82) is 0 Å². The fourth-order valence-electron chi connectivity index (χ4n) is 5.77. The first-order valence-corrected chi connectivity index (χ1v) is 20.7. The van der Waals surface area contributed by atoms with E-state index in [1.165, 1.54) is 106 Å². The largest absolute Gasteiger partial charge is 0.344 e. The quantitative estimate of drug-likeness (QED) is 0.0646. The number of rotatable bonds is 15. The molecular weight excluding hydrogens is 672 g/mol. The van der Waals surface area contributed by atoms with Gasteiger partial charge >= 0.3 is 0 Å². The summed E-state index contributed by atoms with van der Waals surface area (Å²) in [6.45, 7) is 19.9. The Morgan fingerprint density at radius 2 is 1.55 bits per heavy atom. The monoisotopic (exact) mass is 744 g/mol. The summed E-state index contributed by atoms with van der Waals surface area (Å²) in [5, 5.41) is 3.27. The van der Waals surface area contributed by atoms with E-state index in [4.69, 9.17) is 11.6 Å². The summed E-state index contributed by atoms with van der Waals surface area (Å²) in [7, 11) is 2.21. The minimum atomic E-state index is -0.436. The van der Waals surface area contributed by atoms with Gasteiger partial charge in [-0.05, 0) is 112 Å². The molecule has 0 atom stereocenters. The molecule has 288 valence electrons. The van der Waals surface area contributed by atoms with Crippen LogP contribution < -0.4 is 5.32 Å². The Balaban J connectivity index is 0.00000107. The first kappa shape index (κ1) is 48.6. The minimum absolute atomic E-state index is 0.0843. The van der Waals surface area contributed by atoms with E-state index in [1.54, 1.807) is 12.1 Å². The van der Waals surface area contributed by atoms with Gasteiger partial charge in [-0.1, -0.05) is 141 Å². The fourth-order valence-corrected chi connectivity index (χ4v) is 5.95. The van der Waals surface area contributed by atoms with E-state index in [-0.39, 0.29) is 5.02 Å². The van der Waals surface area contributed by atoms with Crippen LogP contribution >= 0.6 is 23.2 Å². The Hall–Kier alpha value is -2.40. The zero-order valence-electron chi connectivity index (χ0n) is 34.0. The molecule has 51 heavy (non-hydrogen) atoms. The van der Waals surface area contributed by atoms with E-state index in [1.807, 2.05) is 13.1 Å². The third-order valence-corrected chi connectivity index (χ3v) is 9.10. The molecule has 0 bridgehead atoms. The van der Waals surface area contributed by atoms with E-state index in [0.29, 0.717) is 11.5 Å². The lowest BCUT2D eigenvalue weighted by atomic mass is 9.91. The number of unbranched alkanes of at least 4 members (excludes halogenated alkanes) is 3. The Labute approximate surface area is 323 Å². The fraction of sp³-hybridized carbons (Fsp3) is 0.578. The molecule has 1 fully saturated rings. The van der Waals surface area contributed by atoms with Crippen LogP contribution in [0.25, 0.3) is 5.57 Å². The lowest BCUT2D eigenvalue weighted by Gasteiger charge is -2.15. The zero-order valence-corrected chi connectivity index (χ0v) is 35.5. The van der Waals surface area contributed by atoms with Crippen LogP contribution in [0.15, 0.2) is 77.0 Å². The number of benzene rings is 2. The highest BCUT2D eigenvalue weighted by Crippen LogP contribution is 2.30. The van der Waals surface area contributed by atoms with Crippen LogP contribution in [0.3, 0.4) is 0 Å². The van der Waals surface area contributed by atoms with Gasteiger partial charge in [-0.3, -0.25) is 0 Å². The maximum absolute atomic E-state index is 13.4. The van der Waals surface area contributed by atoms with Crippen molar-refractivity contribution in [2.45, 2.75) is 139 Å². The lowest BCUT2D eigenvalue weighted by Crippen LogP contribution is -2.20. The summed E-state index contributed by atoms with van der Waals surface area (Å²) in [4.78, 5) is 7.10. The molecule has 1 N–H and O–H groups in total. The van der Waals surface area contributed by atoms with E-state index in [2.05, 4.69) is 119 Å². The van der Waals surface area contributed by atoms with Gasteiger partial charge in [0.05, 0.1) is 5.02 Å². The number of amidine groups is 1. The van der Waals surface area contributed by atoms with Crippen molar-refractivity contribution in [2.75, 3.05) is 31.8 Å². The van der Waals surface area contributed by atoms with Gasteiger partial charge < -0.3 is 10.2 Å². The van der Waals surface area contributed by atoms with Crippen molar-refractivity contribution >= 4 is 40.3 Å². The Bertz CT molecular complexity index is 1290. The number of hydrogen-bond donors (Lipinski definition) is 1. The topological polar surface area (TPSA) is 27.6 Å². The highest BCUT2D eigenvalue weighted by molar-refractivity contribution is 6.31. The predicted octanol–water partition coefficient (Wildman–Crippen LogP) is 15.0. The van der Waals surface area contributed by atoms with Gasteiger partial charge in [-0.25, -0.2) is 9.38 Å². The molecule has 3 rings (SSSR count). The molecule has 0 aromatic heterocycles. The van der Waals surface area contributed by atoms with Crippen molar-refractivity contribution in [3.63, 3.8) is 0 Å². The molecule has 0 amide bonds. The standard InChI is InChI=1S/C28H34ClFN2.C9H21N.C7H14.CH3Cl/c1-6-9-11-20(4)26(25(10-7-2)23-14-12-22(8-3)13-15-23)19-31-21(5)32-24-16-17-28(30)27(29)18-24;1-4-6-7-9-10(3)8-5-2;1-7-5-3-2-4-6-7;1-2/h10-19H,6-9H2,1-5H3,(H,31,32);4-9H2,1-3H3;7H,2-6H2,1H3;1H3/b20-11+,25-10-,26-19+;;;. The smallest absolute Gasteiger partial charge is 0.141 e. The van der Waals surface area contributed by atoms with Crippen LogP contribution in [0.2, 0.25) is 5.02 Å². The maximum Gasteiger partial charge on any atom is 0.141 e. The van der Waals surface area contributed by atoms with Crippen LogP contribution in [-0.4, -0.2) is 37.3 Å². The van der Waals surface area contributed by atoms with Gasteiger partial charge in [0.15, 0.2) is 0 Å². The molecule has 3 nitrogen and oxygen atoms in total. The van der Waals surface area contributed by atoms with Crippen molar-refractivity contribution in [1.82, 2.24) is 4.90 Å². The van der Waals surface area contributed by atoms with Gasteiger partial charge in [0, 0.05) is 23.8 Å². The molecule has 0 radical (unpaired) electrons. The van der Waals surface area contributed by atoms with Gasteiger partial charge in [0.1, 0.15) is 11.7 Å². The third kappa shape index (κ3) is 22.3. The van der Waals surface area contributed by atoms with Gasteiger partial charge in [-0.2, -0.15) is 0 Å². The molecule has 0 unspecified atom stereocenters. The van der Waals surface area contributed by atoms with Gasteiger partial charge in [-0.15, -0.1) is 11.6 Å². The van der Waals surface area contributed by atoms with Crippen molar-refractivity contribution in [3.05, 3.63) is 93.9 Å². The number of hydrogen-bond acceptors (Lipinski definition) is 2. The van der Waals surface area contributed by atoms with Crippen molar-refractivity contribution in [3.8, 4) is 0 Å². The first-order valence-electron chi connectivity index (χ1n) is 19.6. The van der Waals surface area contributed by atoms with Crippen molar-refractivity contribution in [2.24, 2.45) is 10.9 Å². The Morgan fingerprint density at radius 1 is 0.882 bits per heavy atom. The average Bonchev–Trinajstić information content (AvgIpc) is 3.14. The van der Waals surface area contributed by atoms with Crippen LogP contribution in [0.4, 0.5) is 10.1 Å². The summed E-state index contributed by atoms with van der Waals surface area (Å²) in [6.07, 6.45) is 24.8. The highest BCUT2D eigenvalue weighted by Gasteiger charge is 2.11. The third-order valence-electron chi connectivity index (χ3n) is 8.81. The molecule has 6 heteroatoms. The number of alkyl halides is 1. The molecule has 1 saturated carbocycles. The average molecular weight is 745 g/mol. The number of nitrogens with one attached hydrogen (secondary N) is 1. The van der Waals surface area contributed by atoms with Gasteiger partial charge in [0.2, 0.25) is 0 Å². The number of allylic oxidation sites excluding steroid dienone is 5. The van der Waals surface area contributed by atoms with E-state index >= 15 is 0 Å². The molecular formula is C45H72Cl2FN3. The van der Waals surface area contributed by atoms with Crippen LogP contribution in [-0.2, 0) is 6.42 Å². The van der Waals surface area contributed by atoms with Crippen LogP contribution in [0, 0.1) is 11.7 Å². The normalized spacial score (nSPS) is 14.2. The highest BCUT2D eigenvalue weighted by atomic mass is 35.5. The van der Waals surface area contributed by atoms with E-state index in [0.717, 1.165) is 37.2 Å². The zero-order chi connectivity index (χ0) is 38.4. The second-order valence-corrected chi connectivity index (χ2v) is 13.9. The summed E-state index contributed by atoms with van der Waals surface area (Å²) in [5.74, 6) is 1.30. The molecule has 2 aromatic carbocycles. The summed E-state index contributed by atoms with van der Waals surface area (Å²) >= 11 is 10.5. The summed E-state index contributed by atoms with van der Waals surface area (Å²) in [6, 6.07) is 13.3. The number of nitrogens with zero attached hydrogens (tertiary/aromatic N) is 2. The van der Waals surface area contributed by atoms with E-state index < -0.39 is 5.82 Å². The van der Waals surface area contributed by atoms with E-state index in [9.17, 15) is 4.39 Å². The summed E-state index contributed by atoms with van der Waals surface area (Å²) < 4.78 is 13.4. The second kappa shape index (κ2) is 31.2. The second-order valence-electron chi connectivity index (χ2n) is 13.5. The predicted molar refractivity (Wildman–Crippen MR) is 230 cm³/mol.